The van der Waals surface area contributed by atoms with Crippen LogP contribution < -0.4 is 28.4 Å². The van der Waals surface area contributed by atoms with Gasteiger partial charge in [0, 0.05) is 6.08 Å². The van der Waals surface area contributed by atoms with Gasteiger partial charge in [-0.1, -0.05) is 140 Å². The minimum absolute atomic E-state index is 0.143. The maximum Gasteiger partial charge on any atom is 0.269 e. The van der Waals surface area contributed by atoms with Crippen molar-refractivity contribution in [3.8, 4) is 45.6 Å². The summed E-state index contributed by atoms with van der Waals surface area (Å²) in [5.41, 5.74) is 20.6. The number of rotatable bonds is 35. The molecule has 0 fully saturated rings. The number of allylic oxidation sites excluding steroid dienone is 7. The van der Waals surface area contributed by atoms with Crippen LogP contribution >= 0.6 is 0 Å². The molecule has 7 rings (SSSR count). The molecular formula is C86H112F2O6. The first-order valence-electron chi connectivity index (χ1n) is 33.7. The molecule has 0 radical (unpaired) electrons. The lowest BCUT2D eigenvalue weighted by Gasteiger charge is -2.19. The fourth-order valence-electron chi connectivity index (χ4n) is 10.2. The Kier molecular flexibility index (Phi) is 39.7. The average molecular weight is 1280 g/mol. The molecule has 0 saturated heterocycles. The van der Waals surface area contributed by atoms with Crippen molar-refractivity contribution in [2.24, 2.45) is 0 Å². The number of hydrogen-bond acceptors (Lipinski definition) is 6. The molecule has 0 spiro atoms. The Balaban J connectivity index is 0.000000307. The number of benzene rings is 6. The SMILES string of the molecule is C=C/C=C/CCCc1cc(C)c(CCC/C=C/CC)cc1C.C=CCCCOc1cc(C)c(OCCCC=C)cc1C.C=CCCOc1cc(C)c(OCCC=C)cc1C.C=CCOc1cc(C)c(OCC=C(F)F)cc1C.Cc1cc(C)cc(-c2ccc3c(c2)CC3)c1. The van der Waals surface area contributed by atoms with Gasteiger partial charge in [0.25, 0.3) is 6.08 Å². The smallest absolute Gasteiger partial charge is 0.269 e. The van der Waals surface area contributed by atoms with Crippen LogP contribution in [0.3, 0.4) is 0 Å². The summed E-state index contributed by atoms with van der Waals surface area (Å²) >= 11 is 0. The van der Waals surface area contributed by atoms with Crippen molar-refractivity contribution in [1.29, 1.82) is 0 Å². The zero-order chi connectivity index (χ0) is 69.0. The normalized spacial score (nSPS) is 10.9. The number of fused-ring (bicyclic) bond motifs is 1. The van der Waals surface area contributed by atoms with Crippen LogP contribution in [0.2, 0.25) is 0 Å². The molecule has 0 atom stereocenters. The Bertz CT molecular complexity index is 3290. The number of unbranched alkanes of at least 4 members (excludes halogenated alkanes) is 4. The van der Waals surface area contributed by atoms with Crippen molar-refractivity contribution in [3.63, 3.8) is 0 Å². The Morgan fingerprint density at radius 1 is 0.383 bits per heavy atom. The lowest BCUT2D eigenvalue weighted by atomic mass is 9.86. The van der Waals surface area contributed by atoms with E-state index < -0.39 is 6.08 Å². The summed E-state index contributed by atoms with van der Waals surface area (Å²) in [6, 6.07) is 30.3. The molecule has 1 aliphatic rings. The first-order valence-corrected chi connectivity index (χ1v) is 33.7. The first-order chi connectivity index (χ1) is 45.3. The van der Waals surface area contributed by atoms with Crippen molar-refractivity contribution in [1.82, 2.24) is 0 Å². The highest BCUT2D eigenvalue weighted by molar-refractivity contribution is 5.67. The van der Waals surface area contributed by atoms with Gasteiger partial charge in [-0.2, -0.15) is 8.78 Å². The molecule has 8 heteroatoms. The maximum atomic E-state index is 11.9. The monoisotopic (exact) mass is 1280 g/mol. The predicted octanol–water partition coefficient (Wildman–Crippen LogP) is 24.0. The molecule has 1 aliphatic carbocycles. The minimum Gasteiger partial charge on any atom is -0.493 e. The molecule has 0 N–H and O–H groups in total. The topological polar surface area (TPSA) is 55.4 Å². The van der Waals surface area contributed by atoms with Gasteiger partial charge in [0.15, 0.2) is 0 Å². The molecule has 6 nitrogen and oxygen atoms in total. The molecule has 6 aromatic rings. The van der Waals surface area contributed by atoms with Gasteiger partial charge in [-0.05, 0) is 280 Å². The zero-order valence-corrected chi connectivity index (χ0v) is 59.2. The van der Waals surface area contributed by atoms with E-state index in [4.69, 9.17) is 28.4 Å². The number of aryl methyl sites for hydroxylation is 14. The van der Waals surface area contributed by atoms with Crippen molar-refractivity contribution >= 4 is 0 Å². The van der Waals surface area contributed by atoms with E-state index in [1.165, 1.54) is 101 Å². The summed E-state index contributed by atoms with van der Waals surface area (Å²) in [4.78, 5) is 0. The third-order valence-electron chi connectivity index (χ3n) is 15.6. The number of halogens is 2. The number of ether oxygens (including phenoxy) is 6. The van der Waals surface area contributed by atoms with Crippen LogP contribution in [0.1, 0.15) is 155 Å². The van der Waals surface area contributed by atoms with E-state index in [2.05, 4.69) is 167 Å². The Morgan fingerprint density at radius 2 is 0.798 bits per heavy atom. The molecule has 6 aromatic carbocycles. The van der Waals surface area contributed by atoms with Gasteiger partial charge in [-0.15, -0.1) is 26.3 Å². The largest absolute Gasteiger partial charge is 0.493 e. The van der Waals surface area contributed by atoms with Crippen molar-refractivity contribution in [3.05, 3.63) is 275 Å². The average Bonchev–Trinajstić information content (AvgIpc) is 0.830. The Labute approximate surface area is 567 Å². The summed E-state index contributed by atoms with van der Waals surface area (Å²) in [6.45, 7) is 48.1. The van der Waals surface area contributed by atoms with Gasteiger partial charge in [0.05, 0.1) is 26.4 Å². The van der Waals surface area contributed by atoms with E-state index in [0.29, 0.717) is 25.6 Å². The van der Waals surface area contributed by atoms with E-state index in [1.807, 2.05) is 82.4 Å². The molecule has 0 saturated carbocycles. The van der Waals surface area contributed by atoms with Crippen LogP contribution in [0.5, 0.6) is 34.5 Å². The number of hydrogen-bond donors (Lipinski definition) is 0. The second-order valence-corrected chi connectivity index (χ2v) is 23.9. The van der Waals surface area contributed by atoms with Crippen molar-refractivity contribution in [2.45, 2.75) is 172 Å². The summed E-state index contributed by atoms with van der Waals surface area (Å²) in [5.74, 6) is 5.06. The molecule has 0 heterocycles. The summed E-state index contributed by atoms with van der Waals surface area (Å²) in [7, 11) is 0. The summed E-state index contributed by atoms with van der Waals surface area (Å²) < 4.78 is 57.5. The lowest BCUT2D eigenvalue weighted by Crippen LogP contribution is -2.07. The molecule has 0 bridgehead atoms. The molecule has 0 amide bonds. The zero-order valence-electron chi connectivity index (χ0n) is 59.2. The van der Waals surface area contributed by atoms with Gasteiger partial charge in [-0.3, -0.25) is 0 Å². The highest BCUT2D eigenvalue weighted by Gasteiger charge is 2.14. The quantitative estimate of drug-likeness (QED) is 0.0225. The molecular weight excluding hydrogens is 1170 g/mol. The molecule has 0 aliphatic heterocycles. The van der Waals surface area contributed by atoms with Gasteiger partial charge in [0.1, 0.15) is 47.7 Å². The van der Waals surface area contributed by atoms with Crippen LogP contribution in [0, 0.1) is 69.2 Å². The van der Waals surface area contributed by atoms with Crippen LogP contribution in [0.4, 0.5) is 8.78 Å². The van der Waals surface area contributed by atoms with Crippen LogP contribution in [-0.2, 0) is 25.7 Å². The van der Waals surface area contributed by atoms with Crippen molar-refractivity contribution in [2.75, 3.05) is 39.6 Å². The van der Waals surface area contributed by atoms with Gasteiger partial charge < -0.3 is 28.4 Å². The second kappa shape index (κ2) is 46.7. The van der Waals surface area contributed by atoms with Gasteiger partial charge >= 0.3 is 0 Å². The Morgan fingerprint density at radius 3 is 1.18 bits per heavy atom. The first kappa shape index (κ1) is 79.9. The third kappa shape index (κ3) is 31.0. The summed E-state index contributed by atoms with van der Waals surface area (Å²) in [6.07, 6.45) is 35.4. The lowest BCUT2D eigenvalue weighted by molar-refractivity contribution is 0.300. The fourth-order valence-corrected chi connectivity index (χ4v) is 10.2. The van der Waals surface area contributed by atoms with E-state index >= 15 is 0 Å². The van der Waals surface area contributed by atoms with Crippen LogP contribution in [-0.4, -0.2) is 39.6 Å². The van der Waals surface area contributed by atoms with E-state index in [9.17, 15) is 8.78 Å². The van der Waals surface area contributed by atoms with E-state index in [1.54, 1.807) is 12.1 Å². The van der Waals surface area contributed by atoms with Crippen LogP contribution in [0.15, 0.2) is 197 Å². The Hall–Kier alpha value is -8.36. The molecule has 506 valence electrons. The molecule has 94 heavy (non-hydrogen) atoms. The van der Waals surface area contributed by atoms with E-state index in [0.717, 1.165) is 133 Å². The van der Waals surface area contributed by atoms with Gasteiger partial charge in [-0.25, -0.2) is 0 Å². The fraction of sp³-hybridized carbons (Fsp3) is 0.372. The molecule has 0 unspecified atom stereocenters. The highest BCUT2D eigenvalue weighted by atomic mass is 19.3. The van der Waals surface area contributed by atoms with E-state index in [-0.39, 0.29) is 6.61 Å². The standard InChI is InChI=1S/C22H32.C18H26O2.C16H22O2.C16H16.C14H16F2O2/c1-5-7-9-11-13-15-21-17-20(4)22(18-19(21)3)16-14-12-10-8-6-2;1-5-7-9-11-19-17-13-16(4)18(14-15(17)3)20-12-10-8-6-2;1-5-7-9-17-15-11-14(4)16(12-13(15)3)18-10-8-6-2;1-11-7-12(2)9-16(8-11)15-6-4-13-3-5-14(13)10-15;1-4-6-17-12-8-11(3)13(9-10(12)2)18-7-5-14(15)16/h5,7-10,17-18H,1,6,11-16H2,2-4H3;5-6,13-14H,1-2,7-12H2,3-4H3;5-6,11-12H,1-2,7-10H2,3-4H3;4,6-10H,3,5H2,1-2H3;4-5,8-9H,1,6-7H2,2-3H3/b9-7+,10-8+;;;;. The highest BCUT2D eigenvalue weighted by Crippen LogP contribution is 2.33. The summed E-state index contributed by atoms with van der Waals surface area (Å²) in [5, 5.41) is 0. The minimum atomic E-state index is -1.74. The molecule has 0 aromatic heterocycles. The second-order valence-electron chi connectivity index (χ2n) is 23.9. The predicted molar refractivity (Wildman–Crippen MR) is 399 cm³/mol. The van der Waals surface area contributed by atoms with Crippen LogP contribution in [0.25, 0.3) is 11.1 Å². The third-order valence-corrected chi connectivity index (χ3v) is 15.6. The van der Waals surface area contributed by atoms with Crippen molar-refractivity contribution < 1.29 is 37.2 Å². The maximum absolute atomic E-state index is 11.9. The van der Waals surface area contributed by atoms with Gasteiger partial charge in [0.2, 0.25) is 0 Å².